The van der Waals surface area contributed by atoms with Gasteiger partial charge in [0.05, 0.1) is 19.2 Å². The Kier molecular flexibility index (Phi) is 5.87. The molecule has 2 atom stereocenters. The topological polar surface area (TPSA) is 111 Å². The third-order valence-corrected chi connectivity index (χ3v) is 7.83. The van der Waals surface area contributed by atoms with Crippen molar-refractivity contribution in [1.82, 2.24) is 20.4 Å². The van der Waals surface area contributed by atoms with E-state index in [2.05, 4.69) is 20.8 Å². The molecule has 2 amide bonds. The van der Waals surface area contributed by atoms with Gasteiger partial charge in [0.1, 0.15) is 12.2 Å². The van der Waals surface area contributed by atoms with E-state index in [1.54, 1.807) is 0 Å². The predicted molar refractivity (Wildman–Crippen MR) is 105 cm³/mol. The summed E-state index contributed by atoms with van der Waals surface area (Å²) in [5.74, 6) is -0.669. The third kappa shape index (κ3) is 4.30. The Morgan fingerprint density at radius 3 is 2.41 bits per heavy atom. The Labute approximate surface area is 185 Å². The lowest BCUT2D eigenvalue weighted by Gasteiger charge is -2.52. The van der Waals surface area contributed by atoms with Crippen LogP contribution < -0.4 is 10.6 Å². The molecular formula is C19H22F4N6O2S. The molecule has 0 radical (unpaired) electrons. The number of nitriles is 1. The number of hydrogen-bond acceptors (Lipinski definition) is 7. The van der Waals surface area contributed by atoms with Gasteiger partial charge in [0.25, 0.3) is 0 Å². The van der Waals surface area contributed by atoms with Crippen molar-refractivity contribution in [3.05, 3.63) is 5.01 Å². The molecule has 13 heteroatoms. The van der Waals surface area contributed by atoms with Crippen molar-refractivity contribution in [2.75, 3.05) is 18.4 Å². The zero-order chi connectivity index (χ0) is 23.1. The van der Waals surface area contributed by atoms with Crippen LogP contribution in [0.3, 0.4) is 0 Å². The average molecular weight is 474 g/mol. The fourth-order valence-electron chi connectivity index (χ4n) is 4.96. The number of aromatic nitrogens is 2. The first-order valence-electron chi connectivity index (χ1n) is 10.4. The van der Waals surface area contributed by atoms with Gasteiger partial charge in [0, 0.05) is 17.4 Å². The number of anilines is 1. The summed E-state index contributed by atoms with van der Waals surface area (Å²) in [5.41, 5.74) is -0.999. The van der Waals surface area contributed by atoms with E-state index < -0.39 is 28.8 Å². The number of nitrogens with one attached hydrogen (secondary N) is 2. The lowest BCUT2D eigenvalue weighted by atomic mass is 9.57. The van der Waals surface area contributed by atoms with Gasteiger partial charge in [-0.15, -0.1) is 10.2 Å². The van der Waals surface area contributed by atoms with Crippen molar-refractivity contribution in [2.24, 2.45) is 5.41 Å². The van der Waals surface area contributed by atoms with Gasteiger partial charge in [-0.2, -0.15) is 18.4 Å². The second-order valence-electron chi connectivity index (χ2n) is 8.80. The minimum atomic E-state index is -4.61. The maximum Gasteiger partial charge on any atom is 0.445 e. The van der Waals surface area contributed by atoms with Gasteiger partial charge in [-0.05, 0) is 38.5 Å². The normalized spacial score (nSPS) is 32.0. The molecule has 1 aromatic rings. The first-order valence-corrected chi connectivity index (χ1v) is 11.2. The van der Waals surface area contributed by atoms with Crippen LogP contribution in [-0.2, 0) is 15.8 Å². The highest BCUT2D eigenvalue weighted by Gasteiger charge is 2.52. The number of fused-ring (bicyclic) bond motifs is 3. The molecule has 174 valence electrons. The molecule has 2 heterocycles. The molecule has 1 aliphatic heterocycles. The molecule has 0 unspecified atom stereocenters. The van der Waals surface area contributed by atoms with Crippen LogP contribution in [0.5, 0.6) is 0 Å². The standard InChI is InChI=1S/C19H22F4N6O2S/c20-11-7-12(8-24)29(10-11)13(30)9-25-18-4-1-17(2-5-18,3-6-18)14(31)26-16-28-27-15(32-16)19(21,22)23/h11-12,25H,1-7,9-10H2,(H,26,28,31)/t11-,12-,17?,18?/m0/s1. The second-order valence-corrected chi connectivity index (χ2v) is 9.78. The maximum absolute atomic E-state index is 13.6. The average Bonchev–Trinajstić information content (AvgIpc) is 3.39. The van der Waals surface area contributed by atoms with E-state index in [1.807, 2.05) is 6.07 Å². The maximum atomic E-state index is 13.6. The van der Waals surface area contributed by atoms with Gasteiger partial charge in [0.2, 0.25) is 22.0 Å². The Morgan fingerprint density at radius 2 is 1.84 bits per heavy atom. The summed E-state index contributed by atoms with van der Waals surface area (Å²) in [7, 11) is 0. The monoisotopic (exact) mass is 474 g/mol. The first-order chi connectivity index (χ1) is 15.1. The van der Waals surface area contributed by atoms with Crippen LogP contribution in [0.1, 0.15) is 50.0 Å². The molecule has 2 N–H and O–H groups in total. The van der Waals surface area contributed by atoms with Gasteiger partial charge >= 0.3 is 6.18 Å². The number of nitrogens with zero attached hydrogens (tertiary/aromatic N) is 4. The van der Waals surface area contributed by atoms with E-state index in [0.717, 1.165) is 0 Å². The molecule has 32 heavy (non-hydrogen) atoms. The highest BCUT2D eigenvalue weighted by molar-refractivity contribution is 7.15. The number of carbonyl (C=O) groups excluding carboxylic acids is 2. The minimum Gasteiger partial charge on any atom is -0.323 e. The molecule has 2 bridgehead atoms. The fourth-order valence-corrected chi connectivity index (χ4v) is 5.56. The van der Waals surface area contributed by atoms with Crippen molar-refractivity contribution < 1.29 is 27.2 Å². The highest BCUT2D eigenvalue weighted by Crippen LogP contribution is 2.53. The number of carbonyl (C=O) groups is 2. The number of alkyl halides is 4. The van der Waals surface area contributed by atoms with Crippen LogP contribution in [-0.4, -0.2) is 57.8 Å². The molecule has 5 rings (SSSR count). The van der Waals surface area contributed by atoms with Crippen LogP contribution >= 0.6 is 11.3 Å². The van der Waals surface area contributed by atoms with Gasteiger partial charge in [-0.1, -0.05) is 11.3 Å². The number of rotatable bonds is 5. The number of halogens is 4. The molecule has 4 fully saturated rings. The SMILES string of the molecule is N#C[C@@H]1C[C@H](F)CN1C(=O)CNC12CCC(C(=O)Nc3nnc(C(F)(F)F)s3)(CC1)CC2. The molecule has 0 spiro atoms. The third-order valence-electron chi connectivity index (χ3n) is 6.95. The van der Waals surface area contributed by atoms with E-state index in [9.17, 15) is 27.2 Å². The van der Waals surface area contributed by atoms with E-state index in [-0.39, 0.29) is 42.0 Å². The van der Waals surface area contributed by atoms with E-state index in [4.69, 9.17) is 5.26 Å². The summed E-state index contributed by atoms with van der Waals surface area (Å²) in [5, 5.41) is 20.1. The largest absolute Gasteiger partial charge is 0.445 e. The molecule has 3 saturated carbocycles. The van der Waals surface area contributed by atoms with E-state index >= 15 is 0 Å². The van der Waals surface area contributed by atoms with Crippen molar-refractivity contribution in [3.8, 4) is 6.07 Å². The molecule has 4 aliphatic rings. The second kappa shape index (κ2) is 8.22. The Hall–Kier alpha value is -2.33. The molecule has 8 nitrogen and oxygen atoms in total. The summed E-state index contributed by atoms with van der Waals surface area (Å²) in [6, 6.07) is 1.22. The highest BCUT2D eigenvalue weighted by atomic mass is 32.1. The quantitative estimate of drug-likeness (QED) is 0.635. The summed E-state index contributed by atoms with van der Waals surface area (Å²) in [4.78, 5) is 26.6. The predicted octanol–water partition coefficient (Wildman–Crippen LogP) is 2.64. The molecule has 3 aliphatic carbocycles. The van der Waals surface area contributed by atoms with Gasteiger partial charge in [-0.3, -0.25) is 9.59 Å². The smallest absolute Gasteiger partial charge is 0.323 e. The van der Waals surface area contributed by atoms with Crippen LogP contribution in [0.25, 0.3) is 0 Å². The zero-order valence-corrected chi connectivity index (χ0v) is 17.9. The first kappa shape index (κ1) is 22.8. The summed E-state index contributed by atoms with van der Waals surface area (Å²) in [6.07, 6.45) is -2.28. The van der Waals surface area contributed by atoms with Crippen LogP contribution in [0.4, 0.5) is 22.7 Å². The van der Waals surface area contributed by atoms with E-state index in [1.165, 1.54) is 4.90 Å². The van der Waals surface area contributed by atoms with Crippen molar-refractivity contribution in [3.63, 3.8) is 0 Å². The Balaban J connectivity index is 1.32. The lowest BCUT2D eigenvalue weighted by molar-refractivity contribution is -0.138. The molecule has 0 aromatic carbocycles. The number of hydrogen-bond donors (Lipinski definition) is 2. The van der Waals surface area contributed by atoms with Crippen molar-refractivity contribution >= 4 is 28.3 Å². The number of amides is 2. The van der Waals surface area contributed by atoms with Crippen LogP contribution in [0.2, 0.25) is 0 Å². The zero-order valence-electron chi connectivity index (χ0n) is 17.0. The summed E-state index contributed by atoms with van der Waals surface area (Å²) in [6.45, 7) is -0.0776. The summed E-state index contributed by atoms with van der Waals surface area (Å²) >= 11 is 0.296. The molecule has 1 aromatic heterocycles. The van der Waals surface area contributed by atoms with Crippen molar-refractivity contribution in [1.29, 1.82) is 5.26 Å². The van der Waals surface area contributed by atoms with Gasteiger partial charge in [0.15, 0.2) is 0 Å². The van der Waals surface area contributed by atoms with E-state index in [0.29, 0.717) is 49.9 Å². The van der Waals surface area contributed by atoms with Gasteiger partial charge < -0.3 is 15.5 Å². The summed E-state index contributed by atoms with van der Waals surface area (Å²) < 4.78 is 51.7. The Bertz CT molecular complexity index is 920. The number of likely N-dealkylation sites (tertiary alicyclic amines) is 1. The fraction of sp³-hybridized carbons (Fsp3) is 0.737. The lowest BCUT2D eigenvalue weighted by Crippen LogP contribution is -2.59. The van der Waals surface area contributed by atoms with Crippen LogP contribution in [0, 0.1) is 16.7 Å². The van der Waals surface area contributed by atoms with Crippen LogP contribution in [0.15, 0.2) is 0 Å². The minimum absolute atomic E-state index is 0.00486. The molecule has 1 saturated heterocycles. The van der Waals surface area contributed by atoms with Crippen molar-refractivity contribution in [2.45, 2.75) is 68.9 Å². The Morgan fingerprint density at radius 1 is 1.19 bits per heavy atom. The molecular weight excluding hydrogens is 452 g/mol. The van der Waals surface area contributed by atoms with Gasteiger partial charge in [-0.25, -0.2) is 4.39 Å².